The van der Waals surface area contributed by atoms with Gasteiger partial charge in [-0.1, -0.05) is 36.4 Å². The molecule has 0 radical (unpaired) electrons. The SMILES string of the molecule is CCOC(C)C(c1cccc(F)c1)(c1cccc(F)c1)c1cccc(F)c1. The van der Waals surface area contributed by atoms with E-state index in [2.05, 4.69) is 0 Å². The molecule has 3 aromatic rings. The van der Waals surface area contributed by atoms with Crippen LogP contribution in [0.1, 0.15) is 30.5 Å². The van der Waals surface area contributed by atoms with Gasteiger partial charge in [-0.05, 0) is 66.9 Å². The molecule has 0 saturated heterocycles. The van der Waals surface area contributed by atoms with Crippen LogP contribution >= 0.6 is 0 Å². The summed E-state index contributed by atoms with van der Waals surface area (Å²) < 4.78 is 48.4. The van der Waals surface area contributed by atoms with Gasteiger partial charge < -0.3 is 4.74 Å². The minimum absolute atomic E-state index is 0.406. The molecule has 0 saturated carbocycles. The Labute approximate surface area is 157 Å². The quantitative estimate of drug-likeness (QED) is 0.494. The van der Waals surface area contributed by atoms with Gasteiger partial charge in [-0.3, -0.25) is 0 Å². The molecule has 0 aliphatic rings. The third-order valence-corrected chi connectivity index (χ3v) is 4.87. The number of benzene rings is 3. The van der Waals surface area contributed by atoms with Crippen molar-refractivity contribution < 1.29 is 17.9 Å². The highest BCUT2D eigenvalue weighted by Gasteiger charge is 2.43. The normalized spacial score (nSPS) is 12.8. The summed E-state index contributed by atoms with van der Waals surface area (Å²) in [4.78, 5) is 0. The van der Waals surface area contributed by atoms with E-state index in [-0.39, 0.29) is 0 Å². The minimum atomic E-state index is -1.08. The van der Waals surface area contributed by atoms with Gasteiger partial charge in [-0.2, -0.15) is 0 Å². The van der Waals surface area contributed by atoms with E-state index in [0.717, 1.165) is 0 Å². The zero-order valence-corrected chi connectivity index (χ0v) is 15.3. The van der Waals surface area contributed by atoms with Gasteiger partial charge in [-0.15, -0.1) is 0 Å². The van der Waals surface area contributed by atoms with Gasteiger partial charge in [0.05, 0.1) is 11.5 Å². The van der Waals surface area contributed by atoms with Gasteiger partial charge in [0, 0.05) is 6.61 Å². The molecule has 140 valence electrons. The zero-order chi connectivity index (χ0) is 19.4. The second kappa shape index (κ2) is 7.97. The Balaban J connectivity index is 2.41. The zero-order valence-electron chi connectivity index (χ0n) is 15.3. The molecule has 27 heavy (non-hydrogen) atoms. The molecule has 0 fully saturated rings. The number of rotatable bonds is 6. The Hall–Kier alpha value is -2.59. The molecule has 0 N–H and O–H groups in total. The summed E-state index contributed by atoms with van der Waals surface area (Å²) >= 11 is 0. The molecule has 0 spiro atoms. The lowest BCUT2D eigenvalue weighted by molar-refractivity contribution is 0.0415. The van der Waals surface area contributed by atoms with E-state index in [1.807, 2.05) is 13.8 Å². The van der Waals surface area contributed by atoms with E-state index < -0.39 is 29.0 Å². The van der Waals surface area contributed by atoms with Gasteiger partial charge in [-0.25, -0.2) is 13.2 Å². The van der Waals surface area contributed by atoms with Gasteiger partial charge in [0.25, 0.3) is 0 Å². The molecule has 0 amide bonds. The fraction of sp³-hybridized carbons (Fsp3) is 0.217. The maximum atomic E-state index is 14.1. The summed E-state index contributed by atoms with van der Waals surface area (Å²) in [5, 5.41) is 0. The second-order valence-corrected chi connectivity index (χ2v) is 6.44. The van der Waals surface area contributed by atoms with E-state index in [1.165, 1.54) is 36.4 Å². The monoisotopic (exact) mass is 370 g/mol. The van der Waals surface area contributed by atoms with Crippen molar-refractivity contribution in [3.63, 3.8) is 0 Å². The predicted molar refractivity (Wildman–Crippen MR) is 100 cm³/mol. The second-order valence-electron chi connectivity index (χ2n) is 6.44. The Bertz CT molecular complexity index is 812. The van der Waals surface area contributed by atoms with Crippen LogP contribution in [0.3, 0.4) is 0 Å². The summed E-state index contributed by atoms with van der Waals surface area (Å²) in [6.45, 7) is 4.09. The van der Waals surface area contributed by atoms with Gasteiger partial charge in [0.1, 0.15) is 17.5 Å². The molecular weight excluding hydrogens is 349 g/mol. The van der Waals surface area contributed by atoms with Gasteiger partial charge >= 0.3 is 0 Å². The summed E-state index contributed by atoms with van der Waals surface area (Å²) in [5.41, 5.74) is 0.626. The van der Waals surface area contributed by atoms with Crippen LogP contribution in [0.15, 0.2) is 72.8 Å². The van der Waals surface area contributed by atoms with Crippen molar-refractivity contribution >= 4 is 0 Å². The van der Waals surface area contributed by atoms with Crippen LogP contribution in [0, 0.1) is 17.5 Å². The van der Waals surface area contributed by atoms with Crippen LogP contribution < -0.4 is 0 Å². The maximum Gasteiger partial charge on any atom is 0.123 e. The lowest BCUT2D eigenvalue weighted by Gasteiger charge is -2.40. The average Bonchev–Trinajstić information content (AvgIpc) is 2.63. The molecule has 0 aliphatic heterocycles. The fourth-order valence-electron chi connectivity index (χ4n) is 3.78. The Kier molecular flexibility index (Phi) is 5.66. The number of hydrogen-bond acceptors (Lipinski definition) is 1. The molecule has 0 bridgehead atoms. The van der Waals surface area contributed by atoms with Crippen molar-refractivity contribution in [2.75, 3.05) is 6.61 Å². The first-order chi connectivity index (χ1) is 13.0. The maximum absolute atomic E-state index is 14.1. The number of halogens is 3. The Morgan fingerprint density at radius 3 is 1.41 bits per heavy atom. The van der Waals surface area contributed by atoms with E-state index in [4.69, 9.17) is 4.74 Å². The molecule has 3 rings (SSSR count). The van der Waals surface area contributed by atoms with Crippen molar-refractivity contribution in [2.24, 2.45) is 0 Å². The third-order valence-electron chi connectivity index (χ3n) is 4.87. The largest absolute Gasteiger partial charge is 0.377 e. The molecule has 3 aromatic carbocycles. The van der Waals surface area contributed by atoms with Crippen LogP contribution in [0.5, 0.6) is 0 Å². The highest BCUT2D eigenvalue weighted by atomic mass is 19.1. The van der Waals surface area contributed by atoms with E-state index in [1.54, 1.807) is 36.4 Å². The Morgan fingerprint density at radius 1 is 0.741 bits per heavy atom. The van der Waals surface area contributed by atoms with Crippen LogP contribution in [0.2, 0.25) is 0 Å². The number of ether oxygens (including phenoxy) is 1. The third kappa shape index (κ3) is 3.62. The van der Waals surface area contributed by atoms with E-state index in [9.17, 15) is 13.2 Å². The molecule has 0 aromatic heterocycles. The molecular formula is C23H21F3O. The molecule has 0 heterocycles. The first-order valence-electron chi connectivity index (χ1n) is 8.88. The van der Waals surface area contributed by atoms with Crippen LogP contribution in [-0.2, 0) is 10.2 Å². The van der Waals surface area contributed by atoms with Crippen LogP contribution in [0.4, 0.5) is 13.2 Å². The molecule has 1 unspecified atom stereocenters. The van der Waals surface area contributed by atoms with Gasteiger partial charge in [0.2, 0.25) is 0 Å². The van der Waals surface area contributed by atoms with Crippen molar-refractivity contribution in [1.29, 1.82) is 0 Å². The molecule has 0 aliphatic carbocycles. The predicted octanol–water partition coefficient (Wildman–Crippen LogP) is 5.86. The lowest BCUT2D eigenvalue weighted by atomic mass is 9.66. The van der Waals surface area contributed by atoms with Crippen molar-refractivity contribution in [2.45, 2.75) is 25.4 Å². The summed E-state index contributed by atoms with van der Waals surface area (Å²) in [7, 11) is 0. The summed E-state index contributed by atoms with van der Waals surface area (Å²) in [6, 6.07) is 18.3. The highest BCUT2D eigenvalue weighted by molar-refractivity contribution is 5.52. The topological polar surface area (TPSA) is 9.23 Å². The summed E-state index contributed by atoms with van der Waals surface area (Å²) in [6.07, 6.45) is -0.507. The molecule has 1 atom stereocenters. The lowest BCUT2D eigenvalue weighted by Crippen LogP contribution is -2.42. The number of hydrogen-bond donors (Lipinski definition) is 0. The first-order valence-corrected chi connectivity index (χ1v) is 8.88. The van der Waals surface area contributed by atoms with Crippen molar-refractivity contribution in [3.05, 3.63) is 107 Å². The molecule has 1 nitrogen and oxygen atoms in total. The van der Waals surface area contributed by atoms with Crippen LogP contribution in [-0.4, -0.2) is 12.7 Å². The smallest absolute Gasteiger partial charge is 0.123 e. The van der Waals surface area contributed by atoms with Gasteiger partial charge in [0.15, 0.2) is 0 Å². The van der Waals surface area contributed by atoms with Crippen molar-refractivity contribution in [3.8, 4) is 0 Å². The van der Waals surface area contributed by atoms with Crippen molar-refractivity contribution in [1.82, 2.24) is 0 Å². The minimum Gasteiger partial charge on any atom is -0.377 e. The summed E-state index contributed by atoms with van der Waals surface area (Å²) in [5.74, 6) is -1.27. The Morgan fingerprint density at radius 2 is 1.11 bits per heavy atom. The fourth-order valence-corrected chi connectivity index (χ4v) is 3.78. The molecule has 4 heteroatoms. The first kappa shape index (κ1) is 19.2. The standard InChI is InChI=1S/C23H21F3O/c1-3-27-16(2)23(17-7-4-10-20(24)13-17,18-8-5-11-21(25)14-18)19-9-6-12-22(26)15-19/h4-16H,3H2,1-2H3. The highest BCUT2D eigenvalue weighted by Crippen LogP contribution is 2.44. The van der Waals surface area contributed by atoms with E-state index in [0.29, 0.717) is 23.3 Å². The van der Waals surface area contributed by atoms with E-state index >= 15 is 0 Å². The average molecular weight is 370 g/mol. The van der Waals surface area contributed by atoms with Crippen LogP contribution in [0.25, 0.3) is 0 Å².